The lowest BCUT2D eigenvalue weighted by atomic mass is 10.1. The Hall–Kier alpha value is -1.90. The second-order valence-electron chi connectivity index (χ2n) is 6.31. The second kappa shape index (κ2) is 7.77. The molecule has 6 nitrogen and oxygen atoms in total. The highest BCUT2D eigenvalue weighted by molar-refractivity contribution is 8.00. The Labute approximate surface area is 158 Å². The van der Waals surface area contributed by atoms with Crippen molar-refractivity contribution in [2.24, 2.45) is 0 Å². The molecule has 1 aromatic carbocycles. The molecule has 0 aliphatic heterocycles. The third-order valence-electron chi connectivity index (χ3n) is 3.99. The maximum Gasteiger partial charge on any atom is 0.244 e. The summed E-state index contributed by atoms with van der Waals surface area (Å²) in [6, 6.07) is 13.0. The first-order chi connectivity index (χ1) is 12.4. The summed E-state index contributed by atoms with van der Waals surface area (Å²) < 4.78 is 25.4. The van der Waals surface area contributed by atoms with Crippen LogP contribution in [0.2, 0.25) is 0 Å². The molecular formula is C18H21N3O3S2. The molecule has 0 spiro atoms. The van der Waals surface area contributed by atoms with Crippen molar-refractivity contribution in [2.75, 3.05) is 14.1 Å². The Bertz CT molecular complexity index is 864. The van der Waals surface area contributed by atoms with Gasteiger partial charge in [0.05, 0.1) is 5.03 Å². The molecule has 1 aliphatic rings. The van der Waals surface area contributed by atoms with Crippen molar-refractivity contribution >= 4 is 27.7 Å². The van der Waals surface area contributed by atoms with Crippen molar-refractivity contribution in [3.8, 4) is 0 Å². The van der Waals surface area contributed by atoms with Gasteiger partial charge in [-0.3, -0.25) is 4.79 Å². The predicted octanol–water partition coefficient (Wildman–Crippen LogP) is 2.44. The van der Waals surface area contributed by atoms with E-state index >= 15 is 0 Å². The largest absolute Gasteiger partial charge is 0.352 e. The number of amides is 1. The highest BCUT2D eigenvalue weighted by Gasteiger charge is 2.29. The summed E-state index contributed by atoms with van der Waals surface area (Å²) in [6.45, 7) is 0. The molecule has 3 rings (SSSR count). The fourth-order valence-corrected chi connectivity index (χ4v) is 4.14. The van der Waals surface area contributed by atoms with Crippen LogP contribution in [0.15, 0.2) is 58.6 Å². The van der Waals surface area contributed by atoms with E-state index in [0.717, 1.165) is 22.7 Å². The molecule has 0 radical (unpaired) electrons. The molecule has 138 valence electrons. The van der Waals surface area contributed by atoms with Crippen LogP contribution in [0.1, 0.15) is 23.7 Å². The average molecular weight is 392 g/mol. The van der Waals surface area contributed by atoms with Gasteiger partial charge in [0.2, 0.25) is 15.9 Å². The molecule has 1 fully saturated rings. The smallest absolute Gasteiger partial charge is 0.244 e. The summed E-state index contributed by atoms with van der Waals surface area (Å²) >= 11 is 1.32. The van der Waals surface area contributed by atoms with E-state index in [2.05, 4.69) is 10.3 Å². The van der Waals surface area contributed by atoms with Gasteiger partial charge >= 0.3 is 0 Å². The fraction of sp³-hybridized carbons (Fsp3) is 0.333. The summed E-state index contributed by atoms with van der Waals surface area (Å²) in [7, 11) is -0.560. The molecule has 1 aromatic heterocycles. The van der Waals surface area contributed by atoms with Crippen molar-refractivity contribution in [3.63, 3.8) is 0 Å². The molecule has 26 heavy (non-hydrogen) atoms. The number of pyridine rings is 1. The van der Waals surface area contributed by atoms with E-state index in [9.17, 15) is 13.2 Å². The number of hydrogen-bond acceptors (Lipinski definition) is 5. The fourth-order valence-electron chi connectivity index (χ4n) is 2.33. The summed E-state index contributed by atoms with van der Waals surface area (Å²) in [5, 5.41) is 3.20. The topological polar surface area (TPSA) is 79.4 Å². The average Bonchev–Trinajstić information content (AvgIpc) is 3.44. The Balaban J connectivity index is 1.81. The van der Waals surface area contributed by atoms with E-state index in [1.165, 1.54) is 38.1 Å². The number of carbonyl (C=O) groups is 1. The number of thioether (sulfide) groups is 1. The zero-order valence-electron chi connectivity index (χ0n) is 14.6. The number of benzene rings is 1. The van der Waals surface area contributed by atoms with Gasteiger partial charge < -0.3 is 5.32 Å². The molecule has 1 aliphatic carbocycles. The molecule has 0 unspecified atom stereocenters. The van der Waals surface area contributed by atoms with Crippen molar-refractivity contribution in [1.82, 2.24) is 14.6 Å². The summed E-state index contributed by atoms with van der Waals surface area (Å²) in [5.74, 6) is -0.0458. The quantitative estimate of drug-likeness (QED) is 0.734. The van der Waals surface area contributed by atoms with Crippen LogP contribution >= 0.6 is 11.8 Å². The Kier molecular flexibility index (Phi) is 5.64. The zero-order chi connectivity index (χ0) is 18.7. The van der Waals surface area contributed by atoms with Gasteiger partial charge in [-0.25, -0.2) is 17.7 Å². The van der Waals surface area contributed by atoms with E-state index in [-0.39, 0.29) is 16.8 Å². The summed E-state index contributed by atoms with van der Waals surface area (Å²) in [5.41, 5.74) is 0.891. The first-order valence-electron chi connectivity index (χ1n) is 8.28. The highest BCUT2D eigenvalue weighted by atomic mass is 32.2. The lowest BCUT2D eigenvalue weighted by Gasteiger charge is -2.17. The first-order valence-corrected chi connectivity index (χ1v) is 10.6. The molecule has 1 saturated carbocycles. The van der Waals surface area contributed by atoms with Gasteiger partial charge in [-0.1, -0.05) is 42.1 Å². The monoisotopic (exact) mass is 391 g/mol. The van der Waals surface area contributed by atoms with Gasteiger partial charge in [-0.05, 0) is 30.5 Å². The zero-order valence-corrected chi connectivity index (χ0v) is 16.3. The molecule has 1 N–H and O–H groups in total. The van der Waals surface area contributed by atoms with Gasteiger partial charge in [0.25, 0.3) is 0 Å². The molecular weight excluding hydrogens is 370 g/mol. The Morgan fingerprint density at radius 2 is 1.88 bits per heavy atom. The van der Waals surface area contributed by atoms with Crippen LogP contribution in [0.3, 0.4) is 0 Å². The van der Waals surface area contributed by atoms with Crippen molar-refractivity contribution in [2.45, 2.75) is 34.1 Å². The van der Waals surface area contributed by atoms with Gasteiger partial charge in [-0.15, -0.1) is 0 Å². The minimum absolute atomic E-state index is 0.0458. The van der Waals surface area contributed by atoms with Gasteiger partial charge in [-0.2, -0.15) is 0 Å². The van der Waals surface area contributed by atoms with E-state index in [0.29, 0.717) is 5.03 Å². The highest BCUT2D eigenvalue weighted by Crippen LogP contribution is 2.35. The van der Waals surface area contributed by atoms with Crippen LogP contribution in [-0.4, -0.2) is 43.8 Å². The predicted molar refractivity (Wildman–Crippen MR) is 101 cm³/mol. The minimum atomic E-state index is -3.52. The van der Waals surface area contributed by atoms with E-state index in [1.54, 1.807) is 6.07 Å². The minimum Gasteiger partial charge on any atom is -0.352 e. The van der Waals surface area contributed by atoms with Gasteiger partial charge in [0.1, 0.15) is 10.1 Å². The maximum atomic E-state index is 12.7. The Morgan fingerprint density at radius 1 is 1.19 bits per heavy atom. The number of nitrogens with zero attached hydrogens (tertiary/aromatic N) is 2. The molecule has 1 amide bonds. The molecule has 8 heteroatoms. The van der Waals surface area contributed by atoms with Crippen LogP contribution in [0.5, 0.6) is 0 Å². The molecule has 1 atom stereocenters. The number of carbonyl (C=O) groups excluding carboxylic acids is 1. The van der Waals surface area contributed by atoms with Crippen LogP contribution in [0, 0.1) is 0 Å². The number of rotatable bonds is 7. The van der Waals surface area contributed by atoms with Crippen LogP contribution < -0.4 is 5.32 Å². The third kappa shape index (κ3) is 4.44. The maximum absolute atomic E-state index is 12.7. The number of aromatic nitrogens is 1. The number of nitrogens with one attached hydrogen (secondary N) is 1. The summed E-state index contributed by atoms with van der Waals surface area (Å²) in [4.78, 5) is 17.0. The lowest BCUT2D eigenvalue weighted by molar-refractivity contribution is -0.120. The number of sulfonamides is 1. The molecule has 1 heterocycles. The van der Waals surface area contributed by atoms with Gasteiger partial charge in [0.15, 0.2) is 0 Å². The van der Waals surface area contributed by atoms with E-state index in [1.807, 2.05) is 30.3 Å². The molecule has 0 saturated heterocycles. The summed E-state index contributed by atoms with van der Waals surface area (Å²) in [6.07, 6.45) is 3.37. The SMILES string of the molecule is CN(C)S(=O)(=O)c1ccc(S[C@@H](C(=O)NC2CC2)c2ccccc2)nc1. The molecule has 2 aromatic rings. The third-order valence-corrected chi connectivity index (χ3v) is 6.99. The van der Waals surface area contributed by atoms with E-state index in [4.69, 9.17) is 0 Å². The van der Waals surface area contributed by atoms with Crippen molar-refractivity contribution in [3.05, 3.63) is 54.2 Å². The standard InChI is InChI=1S/C18H21N3O3S2/c1-21(2)26(23,24)15-10-11-16(19-12-15)25-17(13-6-4-3-5-7-13)18(22)20-14-8-9-14/h3-7,10-12,14,17H,8-9H2,1-2H3,(H,20,22)/t17-/m1/s1. The Morgan fingerprint density at radius 3 is 2.42 bits per heavy atom. The second-order valence-corrected chi connectivity index (χ2v) is 9.59. The number of hydrogen-bond donors (Lipinski definition) is 1. The normalized spacial score (nSPS) is 15.7. The van der Waals surface area contributed by atoms with E-state index < -0.39 is 15.3 Å². The molecule has 0 bridgehead atoms. The lowest BCUT2D eigenvalue weighted by Crippen LogP contribution is -2.29. The van der Waals surface area contributed by atoms with Crippen molar-refractivity contribution < 1.29 is 13.2 Å². The van der Waals surface area contributed by atoms with Crippen LogP contribution in [-0.2, 0) is 14.8 Å². The first kappa shape index (κ1) is 18.9. The van der Waals surface area contributed by atoms with Crippen LogP contribution in [0.25, 0.3) is 0 Å². The van der Waals surface area contributed by atoms with Crippen molar-refractivity contribution in [1.29, 1.82) is 0 Å². The van der Waals surface area contributed by atoms with Gasteiger partial charge in [0, 0.05) is 26.3 Å². The van der Waals surface area contributed by atoms with Crippen LogP contribution in [0.4, 0.5) is 0 Å².